The number of hydrogen-bond acceptors (Lipinski definition) is 4. The standard InChI is InChI=1S/C14H19NO3S/c1-9(2)18-11-5-3-10(4-6-11)12-7-19-8-13(15-12)14(16)17/h3-6,9,12-13,15H,7-8H2,1-2H3,(H,16,17). The van der Waals surface area contributed by atoms with Crippen molar-refractivity contribution in [3.8, 4) is 5.75 Å². The van der Waals surface area contributed by atoms with Gasteiger partial charge >= 0.3 is 5.97 Å². The summed E-state index contributed by atoms with van der Waals surface area (Å²) in [6.45, 7) is 3.98. The van der Waals surface area contributed by atoms with E-state index in [1.54, 1.807) is 11.8 Å². The Bertz CT molecular complexity index is 433. The number of carboxylic acids is 1. The van der Waals surface area contributed by atoms with Crippen LogP contribution in [0.25, 0.3) is 0 Å². The van der Waals surface area contributed by atoms with Crippen LogP contribution in [-0.4, -0.2) is 34.7 Å². The third-order valence-corrected chi connectivity index (χ3v) is 4.06. The molecule has 0 amide bonds. The number of aliphatic carboxylic acids is 1. The zero-order chi connectivity index (χ0) is 13.8. The van der Waals surface area contributed by atoms with Crippen LogP contribution in [0.15, 0.2) is 24.3 Å². The van der Waals surface area contributed by atoms with Crippen molar-refractivity contribution in [2.75, 3.05) is 11.5 Å². The van der Waals surface area contributed by atoms with E-state index in [0.717, 1.165) is 17.1 Å². The fourth-order valence-corrected chi connectivity index (χ4v) is 3.16. The number of hydrogen-bond donors (Lipinski definition) is 2. The van der Waals surface area contributed by atoms with Gasteiger partial charge in [-0.25, -0.2) is 0 Å². The number of carbonyl (C=O) groups is 1. The second-order valence-corrected chi connectivity index (χ2v) is 5.96. The van der Waals surface area contributed by atoms with Crippen LogP contribution < -0.4 is 10.1 Å². The van der Waals surface area contributed by atoms with Gasteiger partial charge in [0.25, 0.3) is 0 Å². The first-order valence-electron chi connectivity index (χ1n) is 6.39. The van der Waals surface area contributed by atoms with Crippen LogP contribution in [0.4, 0.5) is 0 Å². The molecule has 4 nitrogen and oxygen atoms in total. The lowest BCUT2D eigenvalue weighted by Gasteiger charge is -2.28. The Labute approximate surface area is 117 Å². The van der Waals surface area contributed by atoms with Crippen molar-refractivity contribution in [1.82, 2.24) is 5.32 Å². The van der Waals surface area contributed by atoms with Gasteiger partial charge in [0.15, 0.2) is 0 Å². The molecule has 0 aliphatic carbocycles. The summed E-state index contributed by atoms with van der Waals surface area (Å²) in [5, 5.41) is 12.2. The third-order valence-electron chi connectivity index (χ3n) is 2.92. The molecule has 1 aromatic carbocycles. The van der Waals surface area contributed by atoms with Crippen molar-refractivity contribution in [3.63, 3.8) is 0 Å². The zero-order valence-corrected chi connectivity index (χ0v) is 11.9. The summed E-state index contributed by atoms with van der Waals surface area (Å²) in [7, 11) is 0. The van der Waals surface area contributed by atoms with Crippen LogP contribution in [0.1, 0.15) is 25.5 Å². The summed E-state index contributed by atoms with van der Waals surface area (Å²) in [5.74, 6) is 1.59. The van der Waals surface area contributed by atoms with Crippen molar-refractivity contribution in [3.05, 3.63) is 29.8 Å². The lowest BCUT2D eigenvalue weighted by molar-refractivity contribution is -0.139. The number of nitrogens with one attached hydrogen (secondary N) is 1. The first-order valence-corrected chi connectivity index (χ1v) is 7.55. The topological polar surface area (TPSA) is 58.6 Å². The van der Waals surface area contributed by atoms with E-state index < -0.39 is 12.0 Å². The van der Waals surface area contributed by atoms with Gasteiger partial charge in [0, 0.05) is 17.5 Å². The van der Waals surface area contributed by atoms with Crippen LogP contribution in [0.5, 0.6) is 5.75 Å². The van der Waals surface area contributed by atoms with Crippen molar-refractivity contribution in [2.45, 2.75) is 32.0 Å². The molecule has 0 saturated carbocycles. The highest BCUT2D eigenvalue weighted by Gasteiger charge is 2.27. The van der Waals surface area contributed by atoms with Gasteiger partial charge in [-0.05, 0) is 31.5 Å². The number of benzene rings is 1. The first kappa shape index (κ1) is 14.2. The fraction of sp³-hybridized carbons (Fsp3) is 0.500. The number of ether oxygens (including phenoxy) is 1. The maximum absolute atomic E-state index is 11.0. The van der Waals surface area contributed by atoms with Crippen molar-refractivity contribution in [1.29, 1.82) is 0 Å². The predicted molar refractivity (Wildman–Crippen MR) is 76.8 cm³/mol. The summed E-state index contributed by atoms with van der Waals surface area (Å²) in [6, 6.07) is 7.50. The van der Waals surface area contributed by atoms with Gasteiger partial charge < -0.3 is 9.84 Å². The van der Waals surface area contributed by atoms with Crippen LogP contribution in [0, 0.1) is 0 Å². The Morgan fingerprint density at radius 1 is 1.37 bits per heavy atom. The van der Waals surface area contributed by atoms with E-state index >= 15 is 0 Å². The molecule has 2 N–H and O–H groups in total. The minimum Gasteiger partial charge on any atom is -0.491 e. The second-order valence-electron chi connectivity index (χ2n) is 4.88. The third kappa shape index (κ3) is 3.88. The normalized spacial score (nSPS) is 23.3. The minimum absolute atomic E-state index is 0.0907. The summed E-state index contributed by atoms with van der Waals surface area (Å²) in [5.41, 5.74) is 1.11. The molecule has 1 saturated heterocycles. The number of rotatable bonds is 4. The van der Waals surface area contributed by atoms with E-state index in [4.69, 9.17) is 9.84 Å². The monoisotopic (exact) mass is 281 g/mol. The molecule has 1 aliphatic heterocycles. The second kappa shape index (κ2) is 6.30. The Morgan fingerprint density at radius 2 is 2.05 bits per heavy atom. The number of thioether (sulfide) groups is 1. The summed E-state index contributed by atoms with van der Waals surface area (Å²) >= 11 is 1.67. The fourth-order valence-electron chi connectivity index (χ4n) is 2.03. The van der Waals surface area contributed by atoms with Crippen molar-refractivity contribution < 1.29 is 14.6 Å². The smallest absolute Gasteiger partial charge is 0.321 e. The Kier molecular flexibility index (Phi) is 4.71. The van der Waals surface area contributed by atoms with E-state index in [-0.39, 0.29) is 12.1 Å². The zero-order valence-electron chi connectivity index (χ0n) is 11.1. The maximum Gasteiger partial charge on any atom is 0.321 e. The summed E-state index contributed by atoms with van der Waals surface area (Å²) < 4.78 is 5.60. The van der Waals surface area contributed by atoms with Crippen LogP contribution in [0.2, 0.25) is 0 Å². The van der Waals surface area contributed by atoms with Gasteiger partial charge in [-0.15, -0.1) is 0 Å². The summed E-state index contributed by atoms with van der Waals surface area (Å²) in [6.07, 6.45) is 0.158. The molecule has 1 heterocycles. The van der Waals surface area contributed by atoms with Gasteiger partial charge in [-0.1, -0.05) is 12.1 Å². The molecule has 1 aliphatic rings. The quantitative estimate of drug-likeness (QED) is 0.887. The van der Waals surface area contributed by atoms with Crippen LogP contribution in [-0.2, 0) is 4.79 Å². The van der Waals surface area contributed by atoms with Gasteiger partial charge in [-0.2, -0.15) is 11.8 Å². The molecule has 2 atom stereocenters. The molecular weight excluding hydrogens is 262 g/mol. The van der Waals surface area contributed by atoms with Gasteiger partial charge in [-0.3, -0.25) is 10.1 Å². The molecule has 2 unspecified atom stereocenters. The molecule has 1 fully saturated rings. The van der Waals surface area contributed by atoms with E-state index in [2.05, 4.69) is 5.32 Å². The molecule has 5 heteroatoms. The predicted octanol–water partition coefficient (Wildman–Crippen LogP) is 2.30. The van der Waals surface area contributed by atoms with E-state index in [1.807, 2.05) is 38.1 Å². The maximum atomic E-state index is 11.0. The van der Waals surface area contributed by atoms with Crippen LogP contribution >= 0.6 is 11.8 Å². The Morgan fingerprint density at radius 3 is 2.63 bits per heavy atom. The lowest BCUT2D eigenvalue weighted by Crippen LogP contribution is -2.45. The molecule has 0 aromatic heterocycles. The molecule has 19 heavy (non-hydrogen) atoms. The summed E-state index contributed by atoms with van der Waals surface area (Å²) in [4.78, 5) is 11.0. The van der Waals surface area contributed by atoms with Gasteiger partial charge in [0.2, 0.25) is 0 Å². The Hall–Kier alpha value is -1.20. The molecule has 104 valence electrons. The van der Waals surface area contributed by atoms with Crippen LogP contribution in [0.3, 0.4) is 0 Å². The molecule has 0 radical (unpaired) electrons. The highest BCUT2D eigenvalue weighted by atomic mass is 32.2. The largest absolute Gasteiger partial charge is 0.491 e. The minimum atomic E-state index is -0.781. The molecule has 2 rings (SSSR count). The molecule has 1 aromatic rings. The van der Waals surface area contributed by atoms with E-state index in [0.29, 0.717) is 5.75 Å². The number of carboxylic acid groups (broad SMARTS) is 1. The Balaban J connectivity index is 2.03. The van der Waals surface area contributed by atoms with Gasteiger partial charge in [0.05, 0.1) is 6.10 Å². The first-order chi connectivity index (χ1) is 9.06. The highest BCUT2D eigenvalue weighted by Crippen LogP contribution is 2.26. The SMILES string of the molecule is CC(C)Oc1ccc(C2CSCC(C(=O)O)N2)cc1. The molecule has 0 spiro atoms. The lowest BCUT2D eigenvalue weighted by atomic mass is 10.1. The average molecular weight is 281 g/mol. The van der Waals surface area contributed by atoms with Crippen molar-refractivity contribution in [2.24, 2.45) is 0 Å². The van der Waals surface area contributed by atoms with Gasteiger partial charge in [0.1, 0.15) is 11.8 Å². The van der Waals surface area contributed by atoms with E-state index in [9.17, 15) is 4.79 Å². The molecular formula is C14H19NO3S. The average Bonchev–Trinajstić information content (AvgIpc) is 2.39. The van der Waals surface area contributed by atoms with Crippen molar-refractivity contribution >= 4 is 17.7 Å². The highest BCUT2D eigenvalue weighted by molar-refractivity contribution is 7.99. The molecule has 0 bridgehead atoms. The van der Waals surface area contributed by atoms with E-state index in [1.165, 1.54) is 0 Å².